The van der Waals surface area contributed by atoms with Gasteiger partial charge in [0.05, 0.1) is 16.0 Å². The van der Waals surface area contributed by atoms with Crippen molar-refractivity contribution in [1.82, 2.24) is 5.32 Å². The second-order valence-corrected chi connectivity index (χ2v) is 8.30. The lowest BCUT2D eigenvalue weighted by atomic mass is 9.84. The summed E-state index contributed by atoms with van der Waals surface area (Å²) < 4.78 is -0.462. The number of hydrogen-bond acceptors (Lipinski definition) is 3. The molecule has 1 aliphatic rings. The van der Waals surface area contributed by atoms with Gasteiger partial charge in [0, 0.05) is 6.61 Å². The van der Waals surface area contributed by atoms with Crippen LogP contribution in [0.3, 0.4) is 0 Å². The van der Waals surface area contributed by atoms with Crippen LogP contribution in [-0.4, -0.2) is 23.0 Å². The van der Waals surface area contributed by atoms with E-state index in [-0.39, 0.29) is 23.8 Å². The molecular formula is C24H23NO2S. The van der Waals surface area contributed by atoms with Crippen LogP contribution in [0.15, 0.2) is 91.0 Å². The SMILES string of the molecule is O=C1N[C@H](SC(c2ccccc2)(c2ccccc2)c2ccccc2)[C@H]1CCO. The van der Waals surface area contributed by atoms with E-state index in [1.807, 2.05) is 18.2 Å². The summed E-state index contributed by atoms with van der Waals surface area (Å²) in [6, 6.07) is 31.3. The minimum atomic E-state index is -0.462. The Kier molecular flexibility index (Phi) is 5.51. The van der Waals surface area contributed by atoms with Gasteiger partial charge >= 0.3 is 0 Å². The lowest BCUT2D eigenvalue weighted by molar-refractivity contribution is -0.132. The number of rotatable bonds is 7. The number of aliphatic hydroxyl groups excluding tert-OH is 1. The fraction of sp³-hybridized carbons (Fsp3) is 0.208. The van der Waals surface area contributed by atoms with Gasteiger partial charge < -0.3 is 10.4 Å². The maximum atomic E-state index is 12.1. The number of hydrogen-bond donors (Lipinski definition) is 2. The Morgan fingerprint density at radius 3 is 1.57 bits per heavy atom. The third kappa shape index (κ3) is 3.34. The average molecular weight is 390 g/mol. The van der Waals surface area contributed by atoms with Crippen LogP contribution in [0.1, 0.15) is 23.1 Å². The zero-order chi connectivity index (χ0) is 19.4. The van der Waals surface area contributed by atoms with Crippen LogP contribution < -0.4 is 5.32 Å². The highest BCUT2D eigenvalue weighted by molar-refractivity contribution is 8.01. The molecule has 0 saturated carbocycles. The number of aliphatic hydroxyl groups is 1. The van der Waals surface area contributed by atoms with Gasteiger partial charge in [-0.05, 0) is 23.1 Å². The molecular weight excluding hydrogens is 366 g/mol. The summed E-state index contributed by atoms with van der Waals surface area (Å²) >= 11 is 1.75. The highest BCUT2D eigenvalue weighted by atomic mass is 32.2. The normalized spacial score (nSPS) is 19.0. The standard InChI is InChI=1S/C24H23NO2S/c26-17-16-21-22(27)25-23(21)28-24(18-10-4-1-5-11-18,19-12-6-2-7-13-19)20-14-8-3-9-15-20/h1-15,21,23,26H,16-17H2,(H,25,27)/t21-,23+/m0/s1. The summed E-state index contributed by atoms with van der Waals surface area (Å²) in [4.78, 5) is 12.1. The van der Waals surface area contributed by atoms with Crippen LogP contribution >= 0.6 is 11.8 Å². The van der Waals surface area contributed by atoms with Crippen molar-refractivity contribution in [3.05, 3.63) is 108 Å². The predicted molar refractivity (Wildman–Crippen MR) is 114 cm³/mol. The highest BCUT2D eigenvalue weighted by Gasteiger charge is 2.47. The van der Waals surface area contributed by atoms with Gasteiger partial charge in [0.15, 0.2) is 0 Å². The van der Waals surface area contributed by atoms with Gasteiger partial charge in [-0.25, -0.2) is 0 Å². The van der Waals surface area contributed by atoms with Crippen molar-refractivity contribution in [3.63, 3.8) is 0 Å². The number of thioether (sulfide) groups is 1. The smallest absolute Gasteiger partial charge is 0.227 e. The Morgan fingerprint density at radius 2 is 1.21 bits per heavy atom. The molecule has 4 heteroatoms. The van der Waals surface area contributed by atoms with Crippen molar-refractivity contribution in [1.29, 1.82) is 0 Å². The molecule has 2 N–H and O–H groups in total. The molecule has 0 bridgehead atoms. The molecule has 0 aromatic heterocycles. The number of carbonyl (C=O) groups is 1. The van der Waals surface area contributed by atoms with Gasteiger partial charge in [0.25, 0.3) is 0 Å². The van der Waals surface area contributed by atoms with Gasteiger partial charge in [-0.3, -0.25) is 4.79 Å². The first-order valence-electron chi connectivity index (χ1n) is 9.51. The van der Waals surface area contributed by atoms with E-state index in [0.29, 0.717) is 6.42 Å². The Labute approximate surface area is 169 Å². The maximum absolute atomic E-state index is 12.1. The summed E-state index contributed by atoms with van der Waals surface area (Å²) in [5.74, 6) is -0.153. The molecule has 4 rings (SSSR count). The van der Waals surface area contributed by atoms with E-state index in [4.69, 9.17) is 0 Å². The second kappa shape index (κ2) is 8.21. The van der Waals surface area contributed by atoms with Crippen molar-refractivity contribution in [3.8, 4) is 0 Å². The van der Waals surface area contributed by atoms with E-state index in [2.05, 4.69) is 78.1 Å². The molecule has 1 amide bonds. The molecule has 0 unspecified atom stereocenters. The molecule has 1 saturated heterocycles. The van der Waals surface area contributed by atoms with Gasteiger partial charge in [0.1, 0.15) is 0 Å². The average Bonchev–Trinajstić information content (AvgIpc) is 2.77. The van der Waals surface area contributed by atoms with Crippen LogP contribution in [0.25, 0.3) is 0 Å². The van der Waals surface area contributed by atoms with Crippen molar-refractivity contribution in [2.24, 2.45) is 5.92 Å². The monoisotopic (exact) mass is 389 g/mol. The van der Waals surface area contributed by atoms with Crippen molar-refractivity contribution < 1.29 is 9.90 Å². The van der Waals surface area contributed by atoms with Crippen LogP contribution in [0.4, 0.5) is 0 Å². The summed E-state index contributed by atoms with van der Waals surface area (Å²) in [7, 11) is 0. The minimum absolute atomic E-state index is 0.0180. The molecule has 0 aliphatic carbocycles. The summed E-state index contributed by atoms with van der Waals surface area (Å²) in [5.41, 5.74) is 3.50. The van der Waals surface area contributed by atoms with Crippen LogP contribution in [0.2, 0.25) is 0 Å². The van der Waals surface area contributed by atoms with Gasteiger partial charge in [-0.15, -0.1) is 11.8 Å². The molecule has 0 radical (unpaired) electrons. The van der Waals surface area contributed by atoms with E-state index >= 15 is 0 Å². The van der Waals surface area contributed by atoms with Crippen molar-refractivity contribution >= 4 is 17.7 Å². The molecule has 1 aliphatic heterocycles. The lowest BCUT2D eigenvalue weighted by Crippen LogP contribution is -2.58. The summed E-state index contributed by atoms with van der Waals surface area (Å²) in [5, 5.41) is 12.4. The first-order valence-corrected chi connectivity index (χ1v) is 10.4. The van der Waals surface area contributed by atoms with Crippen LogP contribution in [0.5, 0.6) is 0 Å². The Balaban J connectivity index is 1.88. The van der Waals surface area contributed by atoms with Gasteiger partial charge in [-0.1, -0.05) is 91.0 Å². The predicted octanol–water partition coefficient (Wildman–Crippen LogP) is 4.17. The largest absolute Gasteiger partial charge is 0.396 e. The Bertz CT molecular complexity index is 818. The summed E-state index contributed by atoms with van der Waals surface area (Å²) in [6.45, 7) is 0.0180. The van der Waals surface area contributed by atoms with Crippen molar-refractivity contribution in [2.45, 2.75) is 16.5 Å². The van der Waals surface area contributed by atoms with E-state index in [1.165, 1.54) is 16.7 Å². The van der Waals surface area contributed by atoms with E-state index in [1.54, 1.807) is 11.8 Å². The van der Waals surface area contributed by atoms with Crippen molar-refractivity contribution in [2.75, 3.05) is 6.61 Å². The number of amides is 1. The third-order valence-electron chi connectivity index (χ3n) is 5.27. The Hall–Kier alpha value is -2.56. The number of carbonyl (C=O) groups excluding carboxylic acids is 1. The maximum Gasteiger partial charge on any atom is 0.227 e. The fourth-order valence-electron chi connectivity index (χ4n) is 3.84. The zero-order valence-electron chi connectivity index (χ0n) is 15.5. The molecule has 0 spiro atoms. The Morgan fingerprint density at radius 1 is 0.786 bits per heavy atom. The van der Waals surface area contributed by atoms with Gasteiger partial charge in [0.2, 0.25) is 5.91 Å². The molecule has 28 heavy (non-hydrogen) atoms. The number of nitrogens with one attached hydrogen (secondary N) is 1. The molecule has 142 valence electrons. The first-order chi connectivity index (χ1) is 13.8. The molecule has 2 atom stereocenters. The molecule has 3 nitrogen and oxygen atoms in total. The summed E-state index contributed by atoms with van der Waals surface area (Å²) in [6.07, 6.45) is 0.484. The fourth-order valence-corrected chi connectivity index (χ4v) is 5.63. The lowest BCUT2D eigenvalue weighted by Gasteiger charge is -2.44. The first kappa shape index (κ1) is 18.8. The highest BCUT2D eigenvalue weighted by Crippen LogP contribution is 2.52. The third-order valence-corrected chi connectivity index (χ3v) is 7.03. The topological polar surface area (TPSA) is 49.3 Å². The second-order valence-electron chi connectivity index (χ2n) is 6.95. The van der Waals surface area contributed by atoms with E-state index in [9.17, 15) is 9.90 Å². The van der Waals surface area contributed by atoms with Crippen LogP contribution in [0, 0.1) is 5.92 Å². The zero-order valence-corrected chi connectivity index (χ0v) is 16.3. The molecule has 1 fully saturated rings. The quantitative estimate of drug-likeness (QED) is 0.471. The number of β-lactam (4-membered cyclic amide) rings is 1. The van der Waals surface area contributed by atoms with Crippen LogP contribution in [-0.2, 0) is 9.54 Å². The van der Waals surface area contributed by atoms with E-state index in [0.717, 1.165) is 0 Å². The molecule has 1 heterocycles. The number of benzene rings is 3. The van der Waals surface area contributed by atoms with E-state index < -0.39 is 4.75 Å². The minimum Gasteiger partial charge on any atom is -0.396 e. The van der Waals surface area contributed by atoms with Gasteiger partial charge in [-0.2, -0.15) is 0 Å². The molecule has 3 aromatic carbocycles. The molecule has 3 aromatic rings.